The maximum Gasteiger partial charge on any atom is 0.0995 e. The first kappa shape index (κ1) is 8.90. The maximum absolute atomic E-state index is 5.60. The van der Waals surface area contributed by atoms with Crippen molar-refractivity contribution in [1.29, 1.82) is 0 Å². The summed E-state index contributed by atoms with van der Waals surface area (Å²) in [6, 6.07) is 1.97. The highest BCUT2D eigenvalue weighted by molar-refractivity contribution is 5.38. The zero-order valence-corrected chi connectivity index (χ0v) is 8.01. The van der Waals surface area contributed by atoms with Crippen LogP contribution in [0.25, 0.3) is 5.69 Å². The second-order valence-electron chi connectivity index (χ2n) is 3.12. The first-order valence-electron chi connectivity index (χ1n) is 4.45. The van der Waals surface area contributed by atoms with Crippen LogP contribution in [0.2, 0.25) is 0 Å². The van der Waals surface area contributed by atoms with Crippen LogP contribution in [0.4, 0.5) is 0 Å². The van der Waals surface area contributed by atoms with Gasteiger partial charge in [-0.05, 0) is 18.6 Å². The molecule has 0 saturated carbocycles. The highest BCUT2D eigenvalue weighted by Crippen LogP contribution is 2.13. The van der Waals surface area contributed by atoms with Crippen LogP contribution in [0.15, 0.2) is 31.0 Å². The van der Waals surface area contributed by atoms with E-state index in [4.69, 9.17) is 5.73 Å². The fourth-order valence-electron chi connectivity index (χ4n) is 1.40. The molecule has 0 radical (unpaired) electrons. The van der Waals surface area contributed by atoms with Gasteiger partial charge in [-0.15, -0.1) is 0 Å². The van der Waals surface area contributed by atoms with Gasteiger partial charge in [0.25, 0.3) is 0 Å². The van der Waals surface area contributed by atoms with E-state index in [-0.39, 0.29) is 0 Å². The third kappa shape index (κ3) is 1.40. The Hall–Kier alpha value is -1.68. The van der Waals surface area contributed by atoms with E-state index < -0.39 is 0 Å². The number of aryl methyl sites for hydroxylation is 1. The van der Waals surface area contributed by atoms with Crippen molar-refractivity contribution in [2.75, 3.05) is 0 Å². The summed E-state index contributed by atoms with van der Waals surface area (Å²) in [5.74, 6) is 0. The zero-order valence-electron chi connectivity index (χ0n) is 8.01. The first-order valence-corrected chi connectivity index (χ1v) is 4.45. The smallest absolute Gasteiger partial charge is 0.0995 e. The monoisotopic (exact) mass is 188 g/mol. The van der Waals surface area contributed by atoms with Gasteiger partial charge in [0.05, 0.1) is 23.9 Å². The molecule has 0 fully saturated rings. The quantitative estimate of drug-likeness (QED) is 0.766. The van der Waals surface area contributed by atoms with E-state index in [1.165, 1.54) is 0 Å². The lowest BCUT2D eigenvalue weighted by Crippen LogP contribution is -2.05. The third-order valence-electron chi connectivity index (χ3n) is 2.20. The van der Waals surface area contributed by atoms with E-state index in [2.05, 4.69) is 9.97 Å². The molecular formula is C10H12N4. The molecule has 4 heteroatoms. The Labute approximate surface area is 82.4 Å². The van der Waals surface area contributed by atoms with Crippen LogP contribution in [0, 0.1) is 6.92 Å². The third-order valence-corrected chi connectivity index (χ3v) is 2.20. The van der Waals surface area contributed by atoms with E-state index >= 15 is 0 Å². The average Bonchev–Trinajstić information content (AvgIpc) is 2.66. The van der Waals surface area contributed by atoms with Crippen LogP contribution in [0.1, 0.15) is 11.3 Å². The predicted octanol–water partition coefficient (Wildman–Crippen LogP) is 1.03. The molecule has 0 bridgehead atoms. The highest BCUT2D eigenvalue weighted by Gasteiger charge is 2.04. The van der Waals surface area contributed by atoms with E-state index in [9.17, 15) is 0 Å². The number of pyridine rings is 1. The van der Waals surface area contributed by atoms with Crippen molar-refractivity contribution in [3.63, 3.8) is 0 Å². The number of aromatic nitrogens is 3. The van der Waals surface area contributed by atoms with Crippen molar-refractivity contribution in [2.45, 2.75) is 13.5 Å². The summed E-state index contributed by atoms with van der Waals surface area (Å²) in [5, 5.41) is 0. The Morgan fingerprint density at radius 3 is 2.93 bits per heavy atom. The standard InChI is InChI=1S/C10H12N4/c1-8-2-3-12-6-10(8)14-7-13-5-9(14)4-11/h2-3,5-7H,4,11H2,1H3. The number of rotatable bonds is 2. The fourth-order valence-corrected chi connectivity index (χ4v) is 1.40. The second-order valence-corrected chi connectivity index (χ2v) is 3.12. The molecule has 0 aliphatic rings. The molecule has 2 heterocycles. The van der Waals surface area contributed by atoms with Crippen molar-refractivity contribution in [3.05, 3.63) is 42.2 Å². The molecule has 2 aromatic heterocycles. The predicted molar refractivity (Wildman–Crippen MR) is 54.0 cm³/mol. The topological polar surface area (TPSA) is 56.7 Å². The van der Waals surface area contributed by atoms with Gasteiger partial charge < -0.3 is 10.3 Å². The van der Waals surface area contributed by atoms with E-state index in [0.29, 0.717) is 6.54 Å². The normalized spacial score (nSPS) is 10.4. The molecule has 0 aliphatic carbocycles. The van der Waals surface area contributed by atoms with Crippen molar-refractivity contribution >= 4 is 0 Å². The maximum atomic E-state index is 5.60. The summed E-state index contributed by atoms with van der Waals surface area (Å²) in [5.41, 5.74) is 8.78. The van der Waals surface area contributed by atoms with Crippen molar-refractivity contribution in [3.8, 4) is 5.69 Å². The van der Waals surface area contributed by atoms with Crippen LogP contribution < -0.4 is 5.73 Å². The molecule has 72 valence electrons. The van der Waals surface area contributed by atoms with Crippen molar-refractivity contribution < 1.29 is 0 Å². The lowest BCUT2D eigenvalue weighted by Gasteiger charge is -2.08. The average molecular weight is 188 g/mol. The van der Waals surface area contributed by atoms with Crippen LogP contribution >= 0.6 is 0 Å². The molecule has 0 unspecified atom stereocenters. The SMILES string of the molecule is Cc1ccncc1-n1cncc1CN. The lowest BCUT2D eigenvalue weighted by atomic mass is 10.2. The Morgan fingerprint density at radius 2 is 2.21 bits per heavy atom. The Balaban J connectivity index is 2.54. The Bertz CT molecular complexity index is 433. The van der Waals surface area contributed by atoms with Gasteiger partial charge in [0.2, 0.25) is 0 Å². The minimum absolute atomic E-state index is 0.480. The summed E-state index contributed by atoms with van der Waals surface area (Å²) >= 11 is 0. The molecule has 0 atom stereocenters. The van der Waals surface area contributed by atoms with E-state index in [0.717, 1.165) is 16.9 Å². The zero-order chi connectivity index (χ0) is 9.97. The summed E-state index contributed by atoms with van der Waals surface area (Å²) in [6.07, 6.45) is 7.12. The molecule has 0 aliphatic heterocycles. The van der Waals surface area contributed by atoms with E-state index in [1.54, 1.807) is 18.7 Å². The molecule has 0 saturated heterocycles. The van der Waals surface area contributed by atoms with Gasteiger partial charge in [0.1, 0.15) is 0 Å². The molecule has 0 aromatic carbocycles. The van der Waals surface area contributed by atoms with Gasteiger partial charge >= 0.3 is 0 Å². The van der Waals surface area contributed by atoms with Crippen LogP contribution in [-0.4, -0.2) is 14.5 Å². The summed E-state index contributed by atoms with van der Waals surface area (Å²) < 4.78 is 1.96. The number of nitrogens with two attached hydrogens (primary N) is 1. The fraction of sp³-hybridized carbons (Fsp3) is 0.200. The molecule has 2 N–H and O–H groups in total. The number of nitrogens with zero attached hydrogens (tertiary/aromatic N) is 3. The van der Waals surface area contributed by atoms with Crippen molar-refractivity contribution in [1.82, 2.24) is 14.5 Å². The van der Waals surface area contributed by atoms with Crippen LogP contribution in [0.5, 0.6) is 0 Å². The number of hydrogen-bond acceptors (Lipinski definition) is 3. The minimum Gasteiger partial charge on any atom is -0.325 e. The van der Waals surface area contributed by atoms with Gasteiger partial charge in [0, 0.05) is 18.9 Å². The Morgan fingerprint density at radius 1 is 1.36 bits per heavy atom. The number of imidazole rings is 1. The summed E-state index contributed by atoms with van der Waals surface area (Å²) in [6.45, 7) is 2.52. The van der Waals surface area contributed by atoms with Gasteiger partial charge in [-0.25, -0.2) is 4.98 Å². The molecule has 2 aromatic rings. The van der Waals surface area contributed by atoms with Crippen molar-refractivity contribution in [2.24, 2.45) is 5.73 Å². The number of hydrogen-bond donors (Lipinski definition) is 1. The molecule has 2 rings (SSSR count). The summed E-state index contributed by atoms with van der Waals surface area (Å²) in [7, 11) is 0. The molecular weight excluding hydrogens is 176 g/mol. The summed E-state index contributed by atoms with van der Waals surface area (Å²) in [4.78, 5) is 8.15. The second kappa shape index (κ2) is 3.59. The van der Waals surface area contributed by atoms with E-state index in [1.807, 2.05) is 23.8 Å². The van der Waals surface area contributed by atoms with Gasteiger partial charge in [-0.1, -0.05) is 0 Å². The van der Waals surface area contributed by atoms with Gasteiger partial charge in [-0.3, -0.25) is 4.98 Å². The van der Waals surface area contributed by atoms with Gasteiger partial charge in [0.15, 0.2) is 0 Å². The Kier molecular flexibility index (Phi) is 2.28. The van der Waals surface area contributed by atoms with Crippen LogP contribution in [-0.2, 0) is 6.54 Å². The lowest BCUT2D eigenvalue weighted by molar-refractivity contribution is 0.898. The largest absolute Gasteiger partial charge is 0.325 e. The molecule has 4 nitrogen and oxygen atoms in total. The first-order chi connectivity index (χ1) is 6.83. The highest BCUT2D eigenvalue weighted by atomic mass is 15.1. The molecule has 14 heavy (non-hydrogen) atoms. The molecule has 0 spiro atoms. The minimum atomic E-state index is 0.480. The van der Waals surface area contributed by atoms with Crippen LogP contribution in [0.3, 0.4) is 0 Å². The molecule has 0 amide bonds. The van der Waals surface area contributed by atoms with Gasteiger partial charge in [-0.2, -0.15) is 0 Å².